The maximum Gasteiger partial charge on any atom is 0.309 e. The van der Waals surface area contributed by atoms with Crippen molar-refractivity contribution in [3.8, 4) is 0 Å². The first-order valence-corrected chi connectivity index (χ1v) is 8.74. The zero-order valence-electron chi connectivity index (χ0n) is 14.8. The van der Waals surface area contributed by atoms with Crippen LogP contribution in [0, 0.1) is 10.8 Å². The van der Waals surface area contributed by atoms with Crippen LogP contribution in [-0.2, 0) is 9.59 Å². The van der Waals surface area contributed by atoms with Crippen LogP contribution < -0.4 is 0 Å². The molecule has 4 heteroatoms. The molecule has 0 aromatic carbocycles. The molecule has 0 heterocycles. The molecule has 0 aromatic heterocycles. The summed E-state index contributed by atoms with van der Waals surface area (Å²) in [6.45, 7) is 7.83. The Balaban J connectivity index is 5.42. The third-order valence-corrected chi connectivity index (χ3v) is 4.80. The lowest BCUT2D eigenvalue weighted by molar-refractivity contribution is -0.159. The van der Waals surface area contributed by atoms with E-state index in [4.69, 9.17) is 0 Å². The second-order valence-corrected chi connectivity index (χ2v) is 6.94. The van der Waals surface area contributed by atoms with Gasteiger partial charge in [0.2, 0.25) is 0 Å². The van der Waals surface area contributed by atoms with Crippen LogP contribution in [0.2, 0.25) is 0 Å². The molecule has 0 fully saturated rings. The van der Waals surface area contributed by atoms with Gasteiger partial charge in [-0.2, -0.15) is 0 Å². The van der Waals surface area contributed by atoms with Gasteiger partial charge >= 0.3 is 11.9 Å². The van der Waals surface area contributed by atoms with Gasteiger partial charge in [0.15, 0.2) is 0 Å². The zero-order chi connectivity index (χ0) is 17.2. The summed E-state index contributed by atoms with van der Waals surface area (Å²) in [5.74, 6) is -1.68. The van der Waals surface area contributed by atoms with Crippen LogP contribution in [0.1, 0.15) is 91.9 Å². The minimum Gasteiger partial charge on any atom is -0.481 e. The number of hydrogen-bond donors (Lipinski definition) is 2. The molecule has 0 saturated heterocycles. The first-order valence-electron chi connectivity index (χ1n) is 8.74. The van der Waals surface area contributed by atoms with E-state index in [-0.39, 0.29) is 6.42 Å². The fourth-order valence-electron chi connectivity index (χ4n) is 3.21. The zero-order valence-corrected chi connectivity index (χ0v) is 14.8. The molecule has 1 unspecified atom stereocenters. The molecule has 0 aliphatic rings. The topological polar surface area (TPSA) is 74.6 Å². The molecule has 0 amide bonds. The molecule has 0 rings (SSSR count). The monoisotopic (exact) mass is 314 g/mol. The Bertz CT molecular complexity index is 343. The normalized spacial score (nSPS) is 14.5. The average molecular weight is 314 g/mol. The van der Waals surface area contributed by atoms with E-state index < -0.39 is 22.8 Å². The number of carboxylic acid groups (broad SMARTS) is 2. The van der Waals surface area contributed by atoms with Crippen molar-refractivity contribution in [2.24, 2.45) is 10.8 Å². The molecular weight excluding hydrogens is 280 g/mol. The van der Waals surface area contributed by atoms with E-state index in [9.17, 15) is 19.8 Å². The van der Waals surface area contributed by atoms with Gasteiger partial charge in [-0.05, 0) is 32.6 Å². The Morgan fingerprint density at radius 3 is 1.50 bits per heavy atom. The number of hydrogen-bond acceptors (Lipinski definition) is 2. The number of carbonyl (C=O) groups is 2. The molecule has 130 valence electrons. The lowest BCUT2D eigenvalue weighted by atomic mass is 9.65. The van der Waals surface area contributed by atoms with E-state index in [0.29, 0.717) is 19.3 Å². The van der Waals surface area contributed by atoms with Gasteiger partial charge in [-0.25, -0.2) is 0 Å². The van der Waals surface area contributed by atoms with Crippen molar-refractivity contribution in [2.45, 2.75) is 91.9 Å². The van der Waals surface area contributed by atoms with E-state index in [1.807, 2.05) is 20.8 Å². The summed E-state index contributed by atoms with van der Waals surface area (Å²) in [6, 6.07) is 0. The van der Waals surface area contributed by atoms with Gasteiger partial charge in [0.25, 0.3) is 0 Å². The number of unbranched alkanes of at least 4 members (excludes halogenated alkanes) is 3. The molecule has 0 spiro atoms. The average Bonchev–Trinajstić information content (AvgIpc) is 2.47. The lowest BCUT2D eigenvalue weighted by Crippen LogP contribution is -2.40. The highest BCUT2D eigenvalue weighted by Gasteiger charge is 2.46. The molecule has 0 saturated carbocycles. The quantitative estimate of drug-likeness (QED) is 0.495. The summed E-state index contributed by atoms with van der Waals surface area (Å²) in [7, 11) is 0. The minimum atomic E-state index is -0.949. The van der Waals surface area contributed by atoms with E-state index in [2.05, 4.69) is 0 Å². The fraction of sp³-hybridized carbons (Fsp3) is 0.889. The number of rotatable bonds is 13. The fourth-order valence-corrected chi connectivity index (χ4v) is 3.21. The van der Waals surface area contributed by atoms with Crippen LogP contribution in [0.3, 0.4) is 0 Å². The second-order valence-electron chi connectivity index (χ2n) is 6.94. The third-order valence-electron chi connectivity index (χ3n) is 4.80. The Kier molecular flexibility index (Phi) is 9.38. The molecule has 2 N–H and O–H groups in total. The molecule has 0 aromatic rings. The minimum absolute atomic E-state index is 0.241. The Morgan fingerprint density at radius 1 is 0.773 bits per heavy atom. The number of carboxylic acids is 2. The predicted molar refractivity (Wildman–Crippen MR) is 89.0 cm³/mol. The molecule has 22 heavy (non-hydrogen) atoms. The summed E-state index contributed by atoms with van der Waals surface area (Å²) >= 11 is 0. The van der Waals surface area contributed by atoms with Crippen LogP contribution in [-0.4, -0.2) is 22.2 Å². The Hall–Kier alpha value is -1.06. The Morgan fingerprint density at radius 2 is 1.18 bits per heavy atom. The SMILES string of the molecule is CCCCC(C)(CC(CCCC)(CCCC)C(=O)O)C(=O)O. The van der Waals surface area contributed by atoms with Crippen molar-refractivity contribution in [1.82, 2.24) is 0 Å². The lowest BCUT2D eigenvalue weighted by Gasteiger charge is -2.37. The summed E-state index contributed by atoms with van der Waals surface area (Å²) in [5, 5.41) is 19.5. The number of aliphatic carboxylic acids is 2. The standard InChI is InChI=1S/C18H34O4/c1-5-8-11-17(4,15(19)20)14-18(16(21)22,12-9-6-2)13-10-7-3/h5-14H2,1-4H3,(H,19,20)(H,21,22). The molecule has 0 aliphatic heterocycles. The summed E-state index contributed by atoms with van der Waals surface area (Å²) < 4.78 is 0. The molecule has 0 bridgehead atoms. The second kappa shape index (κ2) is 9.86. The summed E-state index contributed by atoms with van der Waals surface area (Å²) in [6.07, 6.45) is 7.21. The van der Waals surface area contributed by atoms with Gasteiger partial charge in [-0.1, -0.05) is 59.3 Å². The van der Waals surface area contributed by atoms with E-state index in [1.54, 1.807) is 6.92 Å². The van der Waals surface area contributed by atoms with E-state index in [0.717, 1.165) is 38.5 Å². The van der Waals surface area contributed by atoms with E-state index in [1.165, 1.54) is 0 Å². The van der Waals surface area contributed by atoms with Gasteiger partial charge in [0.1, 0.15) is 0 Å². The van der Waals surface area contributed by atoms with Crippen molar-refractivity contribution in [3.63, 3.8) is 0 Å². The molecule has 1 atom stereocenters. The van der Waals surface area contributed by atoms with Gasteiger partial charge in [-0.3, -0.25) is 9.59 Å². The highest BCUT2D eigenvalue weighted by molar-refractivity contribution is 5.78. The Labute approximate surface area is 135 Å². The molecule has 0 aliphatic carbocycles. The highest BCUT2D eigenvalue weighted by atomic mass is 16.4. The van der Waals surface area contributed by atoms with Crippen molar-refractivity contribution in [3.05, 3.63) is 0 Å². The molecule has 0 radical (unpaired) electrons. The maximum absolute atomic E-state index is 12.0. The maximum atomic E-state index is 12.0. The van der Waals surface area contributed by atoms with Crippen molar-refractivity contribution < 1.29 is 19.8 Å². The molecular formula is C18H34O4. The van der Waals surface area contributed by atoms with Crippen LogP contribution in [0.4, 0.5) is 0 Å². The third kappa shape index (κ3) is 5.98. The van der Waals surface area contributed by atoms with E-state index >= 15 is 0 Å². The summed E-state index contributed by atoms with van der Waals surface area (Å²) in [4.78, 5) is 23.8. The van der Waals surface area contributed by atoms with Gasteiger partial charge in [-0.15, -0.1) is 0 Å². The van der Waals surface area contributed by atoms with Crippen LogP contribution in [0.25, 0.3) is 0 Å². The van der Waals surface area contributed by atoms with Gasteiger partial charge < -0.3 is 10.2 Å². The predicted octanol–water partition coefficient (Wildman–Crippen LogP) is 5.11. The van der Waals surface area contributed by atoms with Crippen molar-refractivity contribution in [1.29, 1.82) is 0 Å². The first kappa shape index (κ1) is 20.9. The summed E-state index contributed by atoms with van der Waals surface area (Å²) in [5.41, 5.74) is -1.84. The highest BCUT2D eigenvalue weighted by Crippen LogP contribution is 2.45. The van der Waals surface area contributed by atoms with Crippen molar-refractivity contribution in [2.75, 3.05) is 0 Å². The van der Waals surface area contributed by atoms with Crippen LogP contribution in [0.15, 0.2) is 0 Å². The smallest absolute Gasteiger partial charge is 0.309 e. The van der Waals surface area contributed by atoms with Gasteiger partial charge in [0.05, 0.1) is 10.8 Å². The van der Waals surface area contributed by atoms with Crippen LogP contribution >= 0.6 is 0 Å². The first-order chi connectivity index (χ1) is 10.3. The van der Waals surface area contributed by atoms with Crippen molar-refractivity contribution >= 4 is 11.9 Å². The van der Waals surface area contributed by atoms with Gasteiger partial charge in [0, 0.05) is 0 Å². The largest absolute Gasteiger partial charge is 0.481 e. The van der Waals surface area contributed by atoms with Crippen LogP contribution in [0.5, 0.6) is 0 Å². The molecule has 4 nitrogen and oxygen atoms in total.